The van der Waals surface area contributed by atoms with Crippen molar-refractivity contribution >= 4 is 27.8 Å². The predicted molar refractivity (Wildman–Crippen MR) is 279 cm³/mol. The Kier molecular flexibility index (Phi) is 9.05. The highest BCUT2D eigenvalue weighted by Gasteiger charge is 2.48. The Bertz CT molecular complexity index is 3370. The van der Waals surface area contributed by atoms with Gasteiger partial charge in [0.05, 0.1) is 10.8 Å². The number of hydrogen-bond donors (Lipinski definition) is 0. The van der Waals surface area contributed by atoms with E-state index in [9.17, 15) is 0 Å². The van der Waals surface area contributed by atoms with Gasteiger partial charge in [-0.05, 0) is 131 Å². The Labute approximate surface area is 392 Å². The number of anilines is 3. The molecule has 1 nitrogen and oxygen atoms in total. The lowest BCUT2D eigenvalue weighted by molar-refractivity contribution is 0.767. The van der Waals surface area contributed by atoms with Crippen molar-refractivity contribution in [1.82, 2.24) is 0 Å². The predicted octanol–water partition coefficient (Wildman–Crippen LogP) is 16.7. The van der Waals surface area contributed by atoms with Crippen LogP contribution in [0.4, 0.5) is 17.1 Å². The fourth-order valence-electron chi connectivity index (χ4n) is 11.8. The molecule has 13 rings (SSSR count). The van der Waals surface area contributed by atoms with Gasteiger partial charge in [-0.1, -0.05) is 231 Å². The molecule has 0 bridgehead atoms. The van der Waals surface area contributed by atoms with E-state index in [0.29, 0.717) is 0 Å². The third kappa shape index (κ3) is 5.88. The van der Waals surface area contributed by atoms with Crippen molar-refractivity contribution in [3.05, 3.63) is 317 Å². The third-order valence-corrected chi connectivity index (χ3v) is 14.6. The minimum atomic E-state index is -0.543. The van der Waals surface area contributed by atoms with E-state index in [1.165, 1.54) is 88.7 Å². The van der Waals surface area contributed by atoms with Crippen LogP contribution in [0, 0.1) is 0 Å². The van der Waals surface area contributed by atoms with Gasteiger partial charge in [-0.2, -0.15) is 0 Å². The SMILES string of the molecule is c1ccc(C2(c3ccccc3)c3ccccc3-c3ccc(N(c4cccc(-c5ccc6ccccc6c5)c4)c4ccc5c(c4)C(c4ccccc4)(c4ccccc4)c4ccccc4-5)cc32)cc1. The van der Waals surface area contributed by atoms with Crippen molar-refractivity contribution in [3.63, 3.8) is 0 Å². The van der Waals surface area contributed by atoms with Gasteiger partial charge in [0.25, 0.3) is 0 Å². The highest BCUT2D eigenvalue weighted by atomic mass is 15.1. The number of benzene rings is 11. The van der Waals surface area contributed by atoms with Crippen molar-refractivity contribution in [2.45, 2.75) is 10.8 Å². The fourth-order valence-corrected chi connectivity index (χ4v) is 11.8. The van der Waals surface area contributed by atoms with Gasteiger partial charge in [-0.15, -0.1) is 0 Å². The minimum Gasteiger partial charge on any atom is -0.310 e. The zero-order valence-electron chi connectivity index (χ0n) is 36.9. The summed E-state index contributed by atoms with van der Waals surface area (Å²) in [5.41, 5.74) is 19.8. The average Bonchev–Trinajstić information content (AvgIpc) is 3.87. The summed E-state index contributed by atoms with van der Waals surface area (Å²) in [7, 11) is 0. The average molecular weight is 852 g/mol. The Morgan fingerprint density at radius 2 is 0.612 bits per heavy atom. The molecule has 314 valence electrons. The number of fused-ring (bicyclic) bond motifs is 7. The molecule has 0 N–H and O–H groups in total. The van der Waals surface area contributed by atoms with E-state index in [4.69, 9.17) is 0 Å². The van der Waals surface area contributed by atoms with Crippen LogP contribution in [0.2, 0.25) is 0 Å². The first kappa shape index (κ1) is 38.9. The summed E-state index contributed by atoms with van der Waals surface area (Å²) in [6, 6.07) is 101. The first-order valence-corrected chi connectivity index (χ1v) is 23.3. The van der Waals surface area contributed by atoms with Crippen LogP contribution >= 0.6 is 0 Å². The first-order chi connectivity index (χ1) is 33.2. The summed E-state index contributed by atoms with van der Waals surface area (Å²) in [4.78, 5) is 2.50. The van der Waals surface area contributed by atoms with E-state index in [1.807, 2.05) is 0 Å². The molecule has 0 amide bonds. The highest BCUT2D eigenvalue weighted by Crippen LogP contribution is 2.59. The molecule has 0 radical (unpaired) electrons. The van der Waals surface area contributed by atoms with Gasteiger partial charge in [-0.3, -0.25) is 0 Å². The normalized spacial score (nSPS) is 13.6. The molecular weight excluding hydrogens is 807 g/mol. The van der Waals surface area contributed by atoms with Gasteiger partial charge < -0.3 is 4.90 Å². The van der Waals surface area contributed by atoms with Crippen LogP contribution in [0.1, 0.15) is 44.5 Å². The maximum absolute atomic E-state index is 2.50. The molecule has 0 heterocycles. The highest BCUT2D eigenvalue weighted by molar-refractivity contribution is 5.93. The smallest absolute Gasteiger partial charge is 0.0714 e. The summed E-state index contributed by atoms with van der Waals surface area (Å²) in [5.74, 6) is 0. The molecule has 11 aromatic carbocycles. The first-order valence-electron chi connectivity index (χ1n) is 23.3. The topological polar surface area (TPSA) is 3.24 Å². The van der Waals surface area contributed by atoms with E-state index >= 15 is 0 Å². The summed E-state index contributed by atoms with van der Waals surface area (Å²) in [5, 5.41) is 2.47. The monoisotopic (exact) mass is 851 g/mol. The Morgan fingerprint density at radius 3 is 1.10 bits per heavy atom. The van der Waals surface area contributed by atoms with Crippen LogP contribution in [0.25, 0.3) is 44.2 Å². The Balaban J connectivity index is 1.09. The van der Waals surface area contributed by atoms with Crippen LogP contribution in [0.3, 0.4) is 0 Å². The molecule has 0 unspecified atom stereocenters. The zero-order chi connectivity index (χ0) is 44.4. The second kappa shape index (κ2) is 15.6. The fraction of sp³-hybridized carbons (Fsp3) is 0.0303. The van der Waals surface area contributed by atoms with Crippen molar-refractivity contribution < 1.29 is 0 Å². The van der Waals surface area contributed by atoms with Crippen molar-refractivity contribution in [2.75, 3.05) is 4.90 Å². The van der Waals surface area contributed by atoms with Crippen LogP contribution < -0.4 is 4.90 Å². The van der Waals surface area contributed by atoms with Crippen molar-refractivity contribution in [2.24, 2.45) is 0 Å². The molecule has 0 spiro atoms. The summed E-state index contributed by atoms with van der Waals surface area (Å²) in [6.45, 7) is 0. The molecule has 0 saturated heterocycles. The van der Waals surface area contributed by atoms with Gasteiger partial charge in [0.1, 0.15) is 0 Å². The Hall–Kier alpha value is -8.52. The van der Waals surface area contributed by atoms with E-state index in [0.717, 1.165) is 17.1 Å². The molecular formula is C66H45N. The lowest BCUT2D eigenvalue weighted by Gasteiger charge is -2.36. The molecule has 0 saturated carbocycles. The van der Waals surface area contributed by atoms with E-state index in [1.54, 1.807) is 0 Å². The molecule has 0 fully saturated rings. The number of hydrogen-bond acceptors (Lipinski definition) is 1. The quantitative estimate of drug-likeness (QED) is 0.147. The van der Waals surface area contributed by atoms with E-state index in [2.05, 4.69) is 278 Å². The largest absolute Gasteiger partial charge is 0.310 e. The van der Waals surface area contributed by atoms with Gasteiger partial charge in [0.2, 0.25) is 0 Å². The lowest BCUT2D eigenvalue weighted by Crippen LogP contribution is -2.29. The van der Waals surface area contributed by atoms with Gasteiger partial charge >= 0.3 is 0 Å². The van der Waals surface area contributed by atoms with Crippen LogP contribution in [-0.2, 0) is 10.8 Å². The van der Waals surface area contributed by atoms with Gasteiger partial charge in [-0.25, -0.2) is 0 Å². The summed E-state index contributed by atoms with van der Waals surface area (Å²) >= 11 is 0. The third-order valence-electron chi connectivity index (χ3n) is 14.6. The molecule has 0 atom stereocenters. The summed E-state index contributed by atoms with van der Waals surface area (Å²) < 4.78 is 0. The van der Waals surface area contributed by atoms with Crippen LogP contribution in [-0.4, -0.2) is 0 Å². The molecule has 0 aliphatic heterocycles. The molecule has 2 aliphatic rings. The maximum Gasteiger partial charge on any atom is 0.0714 e. The van der Waals surface area contributed by atoms with Crippen LogP contribution in [0.15, 0.2) is 273 Å². The second-order valence-corrected chi connectivity index (χ2v) is 18.0. The minimum absolute atomic E-state index is 0.543. The molecule has 0 aromatic heterocycles. The Morgan fingerprint density at radius 1 is 0.224 bits per heavy atom. The van der Waals surface area contributed by atoms with E-state index in [-0.39, 0.29) is 0 Å². The standard InChI is InChI=1S/C66H45N/c1-5-23-50(24-6-1)65(51-25-7-2-8-26-51)61-34-17-15-32-57(61)59-40-38-55(44-63(59)65)67(54-31-19-22-48(43-54)49-37-36-46-20-13-14-21-47(46)42-49)56-39-41-60-58-33-16-18-35-62(58)66(64(60)45-56,52-27-9-3-10-28-52)53-29-11-4-12-30-53/h1-45H. The summed E-state index contributed by atoms with van der Waals surface area (Å²) in [6.07, 6.45) is 0. The van der Waals surface area contributed by atoms with Crippen LogP contribution in [0.5, 0.6) is 0 Å². The zero-order valence-corrected chi connectivity index (χ0v) is 36.9. The van der Waals surface area contributed by atoms with E-state index < -0.39 is 10.8 Å². The van der Waals surface area contributed by atoms with Gasteiger partial charge in [0.15, 0.2) is 0 Å². The molecule has 1 heteroatoms. The second-order valence-electron chi connectivity index (χ2n) is 18.0. The number of nitrogens with zero attached hydrogens (tertiary/aromatic N) is 1. The molecule has 11 aromatic rings. The molecule has 67 heavy (non-hydrogen) atoms. The lowest BCUT2D eigenvalue weighted by atomic mass is 9.67. The molecule has 2 aliphatic carbocycles. The maximum atomic E-state index is 2.50. The number of rotatable bonds is 8. The van der Waals surface area contributed by atoms with Gasteiger partial charge in [0, 0.05) is 17.1 Å². The van der Waals surface area contributed by atoms with Crippen molar-refractivity contribution in [3.8, 4) is 33.4 Å². The van der Waals surface area contributed by atoms with Crippen molar-refractivity contribution in [1.29, 1.82) is 0 Å².